The first kappa shape index (κ1) is 14.1. The van der Waals surface area contributed by atoms with E-state index >= 15 is 0 Å². The van der Waals surface area contributed by atoms with Crippen LogP contribution < -0.4 is 5.32 Å². The molecular formula is C13H19F2NO. The molecule has 0 amide bonds. The molecule has 0 aliphatic carbocycles. The summed E-state index contributed by atoms with van der Waals surface area (Å²) in [4.78, 5) is 0. The number of hydrogen-bond donors (Lipinski definition) is 2. The van der Waals surface area contributed by atoms with Crippen molar-refractivity contribution in [3.05, 3.63) is 35.4 Å². The molecule has 1 atom stereocenters. The molecule has 96 valence electrons. The maximum atomic E-state index is 12.5. The van der Waals surface area contributed by atoms with Gasteiger partial charge in [-0.1, -0.05) is 25.1 Å². The summed E-state index contributed by atoms with van der Waals surface area (Å²) in [5.41, 5.74) is 0.0848. The minimum Gasteiger partial charge on any atom is -0.389 e. The van der Waals surface area contributed by atoms with E-state index in [0.717, 1.165) is 5.56 Å². The molecule has 1 unspecified atom stereocenters. The summed E-state index contributed by atoms with van der Waals surface area (Å²) in [6.07, 6.45) is -1.79. The van der Waals surface area contributed by atoms with Gasteiger partial charge in [-0.05, 0) is 25.0 Å². The number of aliphatic hydroxyl groups is 1. The van der Waals surface area contributed by atoms with Crippen molar-refractivity contribution in [2.45, 2.75) is 38.8 Å². The van der Waals surface area contributed by atoms with Crippen molar-refractivity contribution < 1.29 is 13.9 Å². The summed E-state index contributed by atoms with van der Waals surface area (Å²) in [6.45, 7) is 4.58. The molecular weight excluding hydrogens is 224 g/mol. The Morgan fingerprint density at radius 1 is 1.41 bits per heavy atom. The molecule has 0 radical (unpaired) electrons. The second-order valence-electron chi connectivity index (χ2n) is 4.50. The zero-order valence-electron chi connectivity index (χ0n) is 10.2. The number of alkyl halides is 2. The van der Waals surface area contributed by atoms with Gasteiger partial charge in [0.05, 0.1) is 5.60 Å². The van der Waals surface area contributed by atoms with Gasteiger partial charge in [-0.25, -0.2) is 8.78 Å². The fourth-order valence-corrected chi connectivity index (χ4v) is 1.44. The van der Waals surface area contributed by atoms with Gasteiger partial charge in [0.2, 0.25) is 0 Å². The second-order valence-corrected chi connectivity index (χ2v) is 4.50. The maximum Gasteiger partial charge on any atom is 0.263 e. The highest BCUT2D eigenvalue weighted by atomic mass is 19.3. The molecule has 0 aliphatic rings. The highest BCUT2D eigenvalue weighted by molar-refractivity contribution is 5.24. The van der Waals surface area contributed by atoms with Gasteiger partial charge in [0.25, 0.3) is 6.43 Å². The third kappa shape index (κ3) is 4.79. The lowest BCUT2D eigenvalue weighted by Gasteiger charge is -2.21. The van der Waals surface area contributed by atoms with Crippen molar-refractivity contribution in [1.82, 2.24) is 5.32 Å². The van der Waals surface area contributed by atoms with Crippen LogP contribution in [0.25, 0.3) is 0 Å². The van der Waals surface area contributed by atoms with Crippen molar-refractivity contribution >= 4 is 0 Å². The summed E-state index contributed by atoms with van der Waals surface area (Å²) in [5, 5.41) is 12.8. The van der Waals surface area contributed by atoms with Gasteiger partial charge in [0.15, 0.2) is 0 Å². The molecule has 0 saturated carbocycles. The average molecular weight is 243 g/mol. The van der Waals surface area contributed by atoms with Crippen LogP contribution in [-0.4, -0.2) is 17.3 Å². The molecule has 0 spiro atoms. The standard InChI is InChI=1S/C13H19F2NO/c1-3-13(2,17)9-16-8-10-5-4-6-11(7-10)12(14)15/h4-7,12,16-17H,3,8-9H2,1-2H3. The third-order valence-corrected chi connectivity index (χ3v) is 2.80. The molecule has 0 aromatic heterocycles. The van der Waals surface area contributed by atoms with Crippen LogP contribution in [0.15, 0.2) is 24.3 Å². The minimum atomic E-state index is -2.44. The lowest BCUT2D eigenvalue weighted by molar-refractivity contribution is 0.0555. The molecule has 0 heterocycles. The summed E-state index contributed by atoms with van der Waals surface area (Å²) in [6, 6.07) is 6.31. The van der Waals surface area contributed by atoms with E-state index in [9.17, 15) is 13.9 Å². The summed E-state index contributed by atoms with van der Waals surface area (Å²) in [5.74, 6) is 0. The van der Waals surface area contributed by atoms with Gasteiger partial charge in [0, 0.05) is 18.7 Å². The predicted octanol–water partition coefficient (Wildman–Crippen LogP) is 2.87. The Hall–Kier alpha value is -1.00. The van der Waals surface area contributed by atoms with E-state index in [1.165, 1.54) is 12.1 Å². The van der Waals surface area contributed by atoms with Gasteiger partial charge in [-0.15, -0.1) is 0 Å². The maximum absolute atomic E-state index is 12.5. The molecule has 0 aliphatic heterocycles. The molecule has 0 fully saturated rings. The van der Waals surface area contributed by atoms with Crippen LogP contribution in [0.5, 0.6) is 0 Å². The second kappa shape index (κ2) is 6.07. The van der Waals surface area contributed by atoms with E-state index in [0.29, 0.717) is 19.5 Å². The van der Waals surface area contributed by atoms with E-state index in [2.05, 4.69) is 5.32 Å². The first-order valence-electron chi connectivity index (χ1n) is 5.74. The minimum absolute atomic E-state index is 0.0338. The SMILES string of the molecule is CCC(C)(O)CNCc1cccc(C(F)F)c1. The summed E-state index contributed by atoms with van der Waals surface area (Å²) >= 11 is 0. The van der Waals surface area contributed by atoms with Crippen LogP contribution in [0.2, 0.25) is 0 Å². The lowest BCUT2D eigenvalue weighted by Crippen LogP contribution is -2.36. The van der Waals surface area contributed by atoms with Crippen molar-refractivity contribution in [1.29, 1.82) is 0 Å². The molecule has 0 saturated heterocycles. The van der Waals surface area contributed by atoms with Gasteiger partial charge in [0.1, 0.15) is 0 Å². The Labute approximate surface area is 101 Å². The van der Waals surface area contributed by atoms with E-state index in [1.807, 2.05) is 6.92 Å². The highest BCUT2D eigenvalue weighted by Gasteiger charge is 2.16. The van der Waals surface area contributed by atoms with Crippen molar-refractivity contribution in [2.75, 3.05) is 6.54 Å². The monoisotopic (exact) mass is 243 g/mol. The first-order valence-corrected chi connectivity index (χ1v) is 5.74. The number of benzene rings is 1. The number of halogens is 2. The molecule has 2 N–H and O–H groups in total. The molecule has 1 aromatic carbocycles. The molecule has 1 aromatic rings. The Morgan fingerprint density at radius 2 is 2.12 bits per heavy atom. The number of nitrogens with one attached hydrogen (secondary N) is 1. The predicted molar refractivity (Wildman–Crippen MR) is 64.0 cm³/mol. The van der Waals surface area contributed by atoms with Crippen LogP contribution in [0.3, 0.4) is 0 Å². The van der Waals surface area contributed by atoms with Gasteiger partial charge >= 0.3 is 0 Å². The van der Waals surface area contributed by atoms with Crippen LogP contribution in [-0.2, 0) is 6.54 Å². The normalized spacial score (nSPS) is 14.9. The highest BCUT2D eigenvalue weighted by Crippen LogP contribution is 2.19. The fourth-order valence-electron chi connectivity index (χ4n) is 1.44. The van der Waals surface area contributed by atoms with Gasteiger partial charge in [-0.2, -0.15) is 0 Å². The quantitative estimate of drug-likeness (QED) is 0.805. The van der Waals surface area contributed by atoms with E-state index in [4.69, 9.17) is 0 Å². The molecule has 1 rings (SSSR count). The summed E-state index contributed by atoms with van der Waals surface area (Å²) in [7, 11) is 0. The fraction of sp³-hybridized carbons (Fsp3) is 0.538. The number of hydrogen-bond acceptors (Lipinski definition) is 2. The number of rotatable bonds is 6. The first-order chi connectivity index (χ1) is 7.94. The van der Waals surface area contributed by atoms with E-state index in [1.54, 1.807) is 19.1 Å². The van der Waals surface area contributed by atoms with Gasteiger partial charge in [-0.3, -0.25) is 0 Å². The van der Waals surface area contributed by atoms with Crippen LogP contribution >= 0.6 is 0 Å². The Bertz CT molecular complexity index is 353. The summed E-state index contributed by atoms with van der Waals surface area (Å²) < 4.78 is 24.9. The van der Waals surface area contributed by atoms with Crippen molar-refractivity contribution in [3.8, 4) is 0 Å². The third-order valence-electron chi connectivity index (χ3n) is 2.80. The Morgan fingerprint density at radius 3 is 2.71 bits per heavy atom. The van der Waals surface area contributed by atoms with E-state index < -0.39 is 12.0 Å². The molecule has 0 bridgehead atoms. The largest absolute Gasteiger partial charge is 0.389 e. The Balaban J connectivity index is 2.50. The average Bonchev–Trinajstić information content (AvgIpc) is 2.29. The zero-order valence-corrected chi connectivity index (χ0v) is 10.2. The van der Waals surface area contributed by atoms with Gasteiger partial charge < -0.3 is 10.4 Å². The van der Waals surface area contributed by atoms with Crippen LogP contribution in [0.4, 0.5) is 8.78 Å². The van der Waals surface area contributed by atoms with E-state index in [-0.39, 0.29) is 5.56 Å². The lowest BCUT2D eigenvalue weighted by atomic mass is 10.0. The smallest absolute Gasteiger partial charge is 0.263 e. The molecule has 2 nitrogen and oxygen atoms in total. The molecule has 4 heteroatoms. The van der Waals surface area contributed by atoms with Crippen molar-refractivity contribution in [3.63, 3.8) is 0 Å². The van der Waals surface area contributed by atoms with Crippen LogP contribution in [0.1, 0.15) is 37.8 Å². The topological polar surface area (TPSA) is 32.3 Å². The van der Waals surface area contributed by atoms with Crippen LogP contribution in [0, 0.1) is 0 Å². The Kier molecular flexibility index (Phi) is 5.02. The molecule has 17 heavy (non-hydrogen) atoms. The van der Waals surface area contributed by atoms with Crippen molar-refractivity contribution in [2.24, 2.45) is 0 Å². The zero-order chi connectivity index (χ0) is 12.9.